The van der Waals surface area contributed by atoms with Gasteiger partial charge >= 0.3 is 5.97 Å². The highest BCUT2D eigenvalue weighted by atomic mass is 16.4. The Morgan fingerprint density at radius 1 is 1.25 bits per heavy atom. The molecule has 1 rings (SSSR count). The first-order valence-corrected chi connectivity index (χ1v) is 6.66. The minimum absolute atomic E-state index is 0.0442. The molecule has 0 aliphatic carbocycles. The summed E-state index contributed by atoms with van der Waals surface area (Å²) in [6.45, 7) is 6.24. The van der Waals surface area contributed by atoms with Gasteiger partial charge < -0.3 is 15.7 Å². The number of hydrogen-bond acceptors (Lipinski definition) is 3. The Bertz CT molecular complexity index is 480. The lowest BCUT2D eigenvalue weighted by atomic mass is 9.83. The molecule has 110 valence electrons. The summed E-state index contributed by atoms with van der Waals surface area (Å²) in [7, 11) is 0. The molecule has 0 saturated heterocycles. The fourth-order valence-electron chi connectivity index (χ4n) is 2.05. The van der Waals surface area contributed by atoms with E-state index >= 15 is 0 Å². The molecule has 1 aromatic carbocycles. The number of hydrogen-bond donors (Lipinski definition) is 2. The predicted molar refractivity (Wildman–Crippen MR) is 78.4 cm³/mol. The highest BCUT2D eigenvalue weighted by molar-refractivity contribution is 5.87. The highest BCUT2D eigenvalue weighted by Crippen LogP contribution is 2.26. The fraction of sp³-hybridized carbons (Fsp3) is 0.467. The van der Waals surface area contributed by atoms with E-state index in [2.05, 4.69) is 0 Å². The van der Waals surface area contributed by atoms with Crippen molar-refractivity contribution in [2.75, 3.05) is 18.8 Å². The molecule has 5 heteroatoms. The zero-order chi connectivity index (χ0) is 15.3. The molecular weight excluding hydrogens is 256 g/mol. The van der Waals surface area contributed by atoms with Crippen LogP contribution in [0.15, 0.2) is 24.3 Å². The molecule has 0 spiro atoms. The lowest BCUT2D eigenvalue weighted by Gasteiger charge is -2.31. The molecule has 5 nitrogen and oxygen atoms in total. The van der Waals surface area contributed by atoms with Crippen LogP contribution in [0.2, 0.25) is 0 Å². The summed E-state index contributed by atoms with van der Waals surface area (Å²) < 4.78 is 0. The number of aliphatic carboxylic acids is 1. The van der Waals surface area contributed by atoms with Crippen molar-refractivity contribution >= 4 is 17.6 Å². The monoisotopic (exact) mass is 278 g/mol. The molecule has 0 fully saturated rings. The number of benzene rings is 1. The van der Waals surface area contributed by atoms with Crippen molar-refractivity contribution in [2.24, 2.45) is 0 Å². The van der Waals surface area contributed by atoms with Gasteiger partial charge in [-0.3, -0.25) is 9.59 Å². The SMILES string of the molecule is CCN(CCC(=O)O)C(=O)C(C)(C)c1ccc(N)cc1. The Hall–Kier alpha value is -2.04. The average molecular weight is 278 g/mol. The van der Waals surface area contributed by atoms with Gasteiger partial charge in [-0.15, -0.1) is 0 Å². The second-order valence-corrected chi connectivity index (χ2v) is 5.28. The summed E-state index contributed by atoms with van der Waals surface area (Å²) in [6, 6.07) is 7.19. The number of carboxylic acid groups (broad SMARTS) is 1. The third-order valence-electron chi connectivity index (χ3n) is 3.43. The fourth-order valence-corrected chi connectivity index (χ4v) is 2.05. The number of nitrogens with two attached hydrogens (primary N) is 1. The second kappa shape index (κ2) is 6.41. The maximum absolute atomic E-state index is 12.6. The van der Waals surface area contributed by atoms with E-state index in [1.165, 1.54) is 0 Å². The molecule has 0 aliphatic rings. The van der Waals surface area contributed by atoms with Gasteiger partial charge in [0.05, 0.1) is 11.8 Å². The van der Waals surface area contributed by atoms with Crippen LogP contribution < -0.4 is 5.73 Å². The first-order valence-electron chi connectivity index (χ1n) is 6.66. The summed E-state index contributed by atoms with van der Waals surface area (Å²) in [5.41, 5.74) is 6.46. The number of nitrogens with zero attached hydrogens (tertiary/aromatic N) is 1. The summed E-state index contributed by atoms with van der Waals surface area (Å²) >= 11 is 0. The molecule has 20 heavy (non-hydrogen) atoms. The van der Waals surface area contributed by atoms with Crippen LogP contribution in [-0.4, -0.2) is 35.0 Å². The molecule has 0 saturated carbocycles. The van der Waals surface area contributed by atoms with E-state index in [9.17, 15) is 9.59 Å². The number of rotatable bonds is 6. The smallest absolute Gasteiger partial charge is 0.305 e. The first kappa shape index (κ1) is 16.0. The maximum Gasteiger partial charge on any atom is 0.305 e. The normalized spacial score (nSPS) is 11.2. The molecule has 0 aromatic heterocycles. The van der Waals surface area contributed by atoms with Crippen molar-refractivity contribution in [1.82, 2.24) is 4.90 Å². The molecule has 0 radical (unpaired) electrons. The van der Waals surface area contributed by atoms with Gasteiger partial charge in [-0.25, -0.2) is 0 Å². The average Bonchev–Trinajstić information content (AvgIpc) is 2.39. The van der Waals surface area contributed by atoms with Gasteiger partial charge in [0.2, 0.25) is 5.91 Å². The summed E-state index contributed by atoms with van der Waals surface area (Å²) in [5, 5.41) is 8.74. The lowest BCUT2D eigenvalue weighted by Crippen LogP contribution is -2.44. The number of anilines is 1. The Labute approximate surface area is 119 Å². The Balaban J connectivity index is 2.91. The van der Waals surface area contributed by atoms with E-state index in [1.54, 1.807) is 17.0 Å². The van der Waals surface area contributed by atoms with E-state index in [0.29, 0.717) is 12.2 Å². The number of carbonyl (C=O) groups is 2. The van der Waals surface area contributed by atoms with E-state index in [-0.39, 0.29) is 18.9 Å². The zero-order valence-electron chi connectivity index (χ0n) is 12.2. The van der Waals surface area contributed by atoms with Gasteiger partial charge in [0.25, 0.3) is 0 Å². The quantitative estimate of drug-likeness (QED) is 0.778. The molecule has 0 atom stereocenters. The molecule has 3 N–H and O–H groups in total. The van der Waals surface area contributed by atoms with Gasteiger partial charge in [-0.1, -0.05) is 12.1 Å². The molecule has 0 unspecified atom stereocenters. The van der Waals surface area contributed by atoms with Crippen LogP contribution in [-0.2, 0) is 15.0 Å². The number of nitrogen functional groups attached to an aromatic ring is 1. The molecule has 0 aliphatic heterocycles. The van der Waals surface area contributed by atoms with Gasteiger partial charge in [0.15, 0.2) is 0 Å². The van der Waals surface area contributed by atoms with Gasteiger partial charge in [-0.05, 0) is 38.5 Å². The third kappa shape index (κ3) is 3.73. The van der Waals surface area contributed by atoms with Crippen LogP contribution in [0.25, 0.3) is 0 Å². The third-order valence-corrected chi connectivity index (χ3v) is 3.43. The van der Waals surface area contributed by atoms with Crippen molar-refractivity contribution < 1.29 is 14.7 Å². The number of carbonyl (C=O) groups excluding carboxylic acids is 1. The molecule has 1 aromatic rings. The minimum Gasteiger partial charge on any atom is -0.481 e. The van der Waals surface area contributed by atoms with Crippen LogP contribution in [0.5, 0.6) is 0 Å². The second-order valence-electron chi connectivity index (χ2n) is 5.28. The number of carboxylic acids is 1. The largest absolute Gasteiger partial charge is 0.481 e. The summed E-state index contributed by atoms with van der Waals surface area (Å²) in [6.07, 6.45) is -0.0442. The summed E-state index contributed by atoms with van der Waals surface area (Å²) in [4.78, 5) is 24.8. The molecule has 1 amide bonds. The van der Waals surface area contributed by atoms with Crippen LogP contribution in [0.3, 0.4) is 0 Å². The van der Waals surface area contributed by atoms with Crippen LogP contribution >= 0.6 is 0 Å². The Morgan fingerprint density at radius 3 is 2.25 bits per heavy atom. The van der Waals surface area contributed by atoms with Crippen molar-refractivity contribution in [1.29, 1.82) is 0 Å². The first-order chi connectivity index (χ1) is 9.28. The van der Waals surface area contributed by atoms with Gasteiger partial charge in [0.1, 0.15) is 0 Å². The lowest BCUT2D eigenvalue weighted by molar-refractivity contribution is -0.140. The zero-order valence-corrected chi connectivity index (χ0v) is 12.2. The van der Waals surface area contributed by atoms with Crippen LogP contribution in [0.4, 0.5) is 5.69 Å². The van der Waals surface area contributed by atoms with Gasteiger partial charge in [-0.2, -0.15) is 0 Å². The minimum atomic E-state index is -0.901. The van der Waals surface area contributed by atoms with Crippen LogP contribution in [0, 0.1) is 0 Å². The van der Waals surface area contributed by atoms with Crippen molar-refractivity contribution in [3.05, 3.63) is 29.8 Å². The topological polar surface area (TPSA) is 83.6 Å². The molecule has 0 heterocycles. The Morgan fingerprint density at radius 2 is 1.80 bits per heavy atom. The number of likely N-dealkylation sites (N-methyl/N-ethyl adjacent to an activating group) is 1. The predicted octanol–water partition coefficient (Wildman–Crippen LogP) is 1.87. The van der Waals surface area contributed by atoms with E-state index in [0.717, 1.165) is 5.56 Å². The highest BCUT2D eigenvalue weighted by Gasteiger charge is 2.33. The Kier molecular flexibility index (Phi) is 5.13. The van der Waals surface area contributed by atoms with E-state index < -0.39 is 11.4 Å². The number of amides is 1. The molecular formula is C15H22N2O3. The molecule has 0 bridgehead atoms. The maximum atomic E-state index is 12.6. The van der Waals surface area contributed by atoms with E-state index in [1.807, 2.05) is 32.9 Å². The summed E-state index contributed by atoms with van der Waals surface area (Å²) in [5.74, 6) is -0.979. The van der Waals surface area contributed by atoms with Crippen LogP contribution in [0.1, 0.15) is 32.8 Å². The standard InChI is InChI=1S/C15H22N2O3/c1-4-17(10-9-13(18)19)14(20)15(2,3)11-5-7-12(16)8-6-11/h5-8H,4,9-10,16H2,1-3H3,(H,18,19). The van der Waals surface area contributed by atoms with Crippen molar-refractivity contribution in [3.8, 4) is 0 Å². The van der Waals surface area contributed by atoms with Crippen molar-refractivity contribution in [3.63, 3.8) is 0 Å². The van der Waals surface area contributed by atoms with E-state index in [4.69, 9.17) is 10.8 Å². The van der Waals surface area contributed by atoms with Crippen molar-refractivity contribution in [2.45, 2.75) is 32.6 Å². The van der Waals surface area contributed by atoms with Gasteiger partial charge in [0, 0.05) is 18.8 Å².